The number of hydrogen-bond donors (Lipinski definition) is 1. The van der Waals surface area contributed by atoms with Crippen LogP contribution in [0.4, 0.5) is 0 Å². The molecule has 0 bridgehead atoms. The van der Waals surface area contributed by atoms with Gasteiger partial charge in [0.15, 0.2) is 0 Å². The minimum atomic E-state index is -4.59. The number of phosphoric acid groups is 1. The normalized spacial score (nSPS) is 19.2. The summed E-state index contributed by atoms with van der Waals surface area (Å²) < 4.78 is 14.8. The van der Waals surface area contributed by atoms with Gasteiger partial charge in [-0.05, 0) is 12.2 Å². The fourth-order valence-electron chi connectivity index (χ4n) is 0.477. The van der Waals surface area contributed by atoms with E-state index in [0.717, 1.165) is 0 Å². The molecule has 0 radical (unpaired) electrons. The Morgan fingerprint density at radius 3 is 2.33 bits per heavy atom. The molecule has 0 aliphatic heterocycles. The standard InChI is InChI=1S/C5H13O4PS2/c1-4(2)5(12-11-3)9-10(6,7)8/h4-5H,1-3H3,(H2,6,7,8)/p-1. The second-order valence-corrected chi connectivity index (χ2v) is 6.16. The van der Waals surface area contributed by atoms with Crippen molar-refractivity contribution in [2.24, 2.45) is 5.92 Å². The minimum Gasteiger partial charge on any atom is -0.756 e. The van der Waals surface area contributed by atoms with Gasteiger partial charge in [0.2, 0.25) is 0 Å². The maximum absolute atomic E-state index is 10.4. The summed E-state index contributed by atoms with van der Waals surface area (Å²) in [6, 6.07) is 0. The lowest BCUT2D eigenvalue weighted by Gasteiger charge is -2.25. The van der Waals surface area contributed by atoms with E-state index in [1.165, 1.54) is 21.6 Å². The first kappa shape index (κ1) is 12.8. The highest BCUT2D eigenvalue weighted by molar-refractivity contribution is 8.76. The molecule has 74 valence electrons. The summed E-state index contributed by atoms with van der Waals surface area (Å²) in [4.78, 5) is 18.8. The van der Waals surface area contributed by atoms with Gasteiger partial charge in [-0.2, -0.15) is 0 Å². The molecule has 1 N–H and O–H groups in total. The van der Waals surface area contributed by atoms with Crippen molar-refractivity contribution in [3.05, 3.63) is 0 Å². The van der Waals surface area contributed by atoms with Crippen molar-refractivity contribution in [2.75, 3.05) is 6.26 Å². The molecule has 0 aromatic rings. The Balaban J connectivity index is 4.05. The van der Waals surface area contributed by atoms with E-state index in [-0.39, 0.29) is 5.92 Å². The highest BCUT2D eigenvalue weighted by Crippen LogP contribution is 2.41. The van der Waals surface area contributed by atoms with Crippen molar-refractivity contribution in [1.29, 1.82) is 0 Å². The quantitative estimate of drug-likeness (QED) is 0.439. The molecule has 0 amide bonds. The van der Waals surface area contributed by atoms with E-state index in [2.05, 4.69) is 4.52 Å². The van der Waals surface area contributed by atoms with Gasteiger partial charge in [-0.3, -0.25) is 4.57 Å². The molecule has 0 aliphatic rings. The fraction of sp³-hybridized carbons (Fsp3) is 1.00. The molecular weight excluding hydrogens is 219 g/mol. The molecule has 0 aliphatic carbocycles. The van der Waals surface area contributed by atoms with E-state index < -0.39 is 13.3 Å². The summed E-state index contributed by atoms with van der Waals surface area (Å²) in [7, 11) is -1.92. The van der Waals surface area contributed by atoms with Crippen molar-refractivity contribution < 1.29 is 18.9 Å². The van der Waals surface area contributed by atoms with Gasteiger partial charge < -0.3 is 14.3 Å². The number of rotatable bonds is 5. The summed E-state index contributed by atoms with van der Waals surface area (Å²) in [5.74, 6) is 0.0388. The van der Waals surface area contributed by atoms with Crippen molar-refractivity contribution >= 4 is 29.4 Å². The van der Waals surface area contributed by atoms with Gasteiger partial charge in [0.1, 0.15) is 5.44 Å². The summed E-state index contributed by atoms with van der Waals surface area (Å²) in [5, 5.41) is 0. The summed E-state index contributed by atoms with van der Waals surface area (Å²) in [6.07, 6.45) is 1.82. The van der Waals surface area contributed by atoms with Crippen LogP contribution < -0.4 is 4.89 Å². The molecule has 0 heterocycles. The van der Waals surface area contributed by atoms with Crippen LogP contribution in [0.2, 0.25) is 0 Å². The van der Waals surface area contributed by atoms with Gasteiger partial charge in [0.25, 0.3) is 7.82 Å². The van der Waals surface area contributed by atoms with Crippen LogP contribution in [0.1, 0.15) is 13.8 Å². The molecule has 0 aromatic heterocycles. The van der Waals surface area contributed by atoms with E-state index in [1.54, 1.807) is 0 Å². The van der Waals surface area contributed by atoms with E-state index in [1.807, 2.05) is 20.1 Å². The Bertz CT molecular complexity index is 169. The zero-order chi connectivity index (χ0) is 9.78. The average Bonchev–Trinajstić information content (AvgIpc) is 1.83. The van der Waals surface area contributed by atoms with Crippen LogP contribution in [0.25, 0.3) is 0 Å². The monoisotopic (exact) mass is 231 g/mol. The lowest BCUT2D eigenvalue weighted by atomic mass is 10.2. The molecule has 4 nitrogen and oxygen atoms in total. The Hall–Kier alpha value is 0.810. The van der Waals surface area contributed by atoms with Crippen LogP contribution >= 0.6 is 29.4 Å². The molecule has 2 unspecified atom stereocenters. The van der Waals surface area contributed by atoms with E-state index in [0.29, 0.717) is 0 Å². The molecule has 7 heteroatoms. The van der Waals surface area contributed by atoms with Crippen LogP contribution in [0.3, 0.4) is 0 Å². The maximum atomic E-state index is 10.4. The molecule has 12 heavy (non-hydrogen) atoms. The minimum absolute atomic E-state index is 0.0388. The Labute approximate surface area is 80.1 Å². The van der Waals surface area contributed by atoms with Crippen molar-refractivity contribution in [3.8, 4) is 0 Å². The molecule has 2 atom stereocenters. The third kappa shape index (κ3) is 6.34. The molecule has 0 saturated heterocycles. The predicted molar refractivity (Wildman–Crippen MR) is 50.6 cm³/mol. The Morgan fingerprint density at radius 2 is 2.08 bits per heavy atom. The zero-order valence-electron chi connectivity index (χ0n) is 7.09. The van der Waals surface area contributed by atoms with Gasteiger partial charge in [-0.25, -0.2) is 0 Å². The third-order valence-corrected chi connectivity index (χ3v) is 3.78. The zero-order valence-corrected chi connectivity index (χ0v) is 9.62. The predicted octanol–water partition coefficient (Wildman–Crippen LogP) is 1.46. The second kappa shape index (κ2) is 5.52. The summed E-state index contributed by atoms with van der Waals surface area (Å²) in [5.41, 5.74) is -0.520. The average molecular weight is 231 g/mol. The van der Waals surface area contributed by atoms with Crippen LogP contribution in [0.5, 0.6) is 0 Å². The lowest BCUT2D eigenvalue weighted by molar-refractivity contribution is -0.221. The smallest absolute Gasteiger partial charge is 0.266 e. The number of hydrogen-bond acceptors (Lipinski definition) is 5. The topological polar surface area (TPSA) is 69.6 Å². The van der Waals surface area contributed by atoms with E-state index in [4.69, 9.17) is 4.89 Å². The van der Waals surface area contributed by atoms with Crippen molar-refractivity contribution in [3.63, 3.8) is 0 Å². The molecule has 0 aromatic carbocycles. The fourth-order valence-corrected chi connectivity index (χ4v) is 3.41. The van der Waals surface area contributed by atoms with Gasteiger partial charge in [-0.1, -0.05) is 35.4 Å². The molecule has 0 rings (SSSR count). The van der Waals surface area contributed by atoms with Crippen LogP contribution in [-0.2, 0) is 9.09 Å². The second-order valence-electron chi connectivity index (χ2n) is 2.45. The Kier molecular flexibility index (Phi) is 5.89. The van der Waals surface area contributed by atoms with Crippen LogP contribution in [0.15, 0.2) is 0 Å². The largest absolute Gasteiger partial charge is 0.756 e. The van der Waals surface area contributed by atoms with Crippen molar-refractivity contribution in [2.45, 2.75) is 19.3 Å². The van der Waals surface area contributed by atoms with Gasteiger partial charge in [0, 0.05) is 0 Å². The van der Waals surface area contributed by atoms with E-state index >= 15 is 0 Å². The van der Waals surface area contributed by atoms with Gasteiger partial charge in [-0.15, -0.1) is 0 Å². The Morgan fingerprint density at radius 1 is 1.58 bits per heavy atom. The molecule has 0 saturated carbocycles. The first-order valence-electron chi connectivity index (χ1n) is 3.28. The summed E-state index contributed by atoms with van der Waals surface area (Å²) >= 11 is 0. The van der Waals surface area contributed by atoms with Gasteiger partial charge >= 0.3 is 0 Å². The number of phosphoric ester groups is 1. The van der Waals surface area contributed by atoms with E-state index in [9.17, 15) is 9.46 Å². The SMILES string of the molecule is CSSC(OP(=O)([O-])O)C(C)C. The highest BCUT2D eigenvalue weighted by Gasteiger charge is 2.18. The van der Waals surface area contributed by atoms with Crippen LogP contribution in [0, 0.1) is 5.92 Å². The molecule has 0 fully saturated rings. The van der Waals surface area contributed by atoms with Crippen LogP contribution in [-0.4, -0.2) is 16.6 Å². The molecular formula is C5H12O4PS2-. The third-order valence-electron chi connectivity index (χ3n) is 0.972. The first-order valence-corrected chi connectivity index (χ1v) is 7.40. The highest BCUT2D eigenvalue weighted by atomic mass is 33.1. The maximum Gasteiger partial charge on any atom is 0.266 e. The first-order chi connectivity index (χ1) is 5.37. The van der Waals surface area contributed by atoms with Gasteiger partial charge in [0.05, 0.1) is 0 Å². The summed E-state index contributed by atoms with van der Waals surface area (Å²) in [6.45, 7) is 3.65. The molecule has 0 spiro atoms. The lowest BCUT2D eigenvalue weighted by Crippen LogP contribution is -2.17. The van der Waals surface area contributed by atoms with Crippen molar-refractivity contribution in [1.82, 2.24) is 0 Å².